The van der Waals surface area contributed by atoms with Crippen LogP contribution in [0.15, 0.2) is 66.9 Å². The molecule has 1 amide bonds. The van der Waals surface area contributed by atoms with Crippen molar-refractivity contribution in [1.29, 1.82) is 0 Å². The number of aromatic nitrogens is 2. The number of hydrogen-bond acceptors (Lipinski definition) is 2. The van der Waals surface area contributed by atoms with Crippen molar-refractivity contribution >= 4 is 12.0 Å². The summed E-state index contributed by atoms with van der Waals surface area (Å²) in [5.74, 6) is 1.03. The third kappa shape index (κ3) is 4.34. The molecule has 0 radical (unpaired) electrons. The van der Waals surface area contributed by atoms with Gasteiger partial charge in [0.1, 0.15) is 5.82 Å². The van der Waals surface area contributed by atoms with Crippen molar-refractivity contribution in [2.75, 3.05) is 0 Å². The minimum Gasteiger partial charge on any atom is -0.347 e. The summed E-state index contributed by atoms with van der Waals surface area (Å²) >= 11 is 0. The molecule has 0 aliphatic carbocycles. The number of imidazole rings is 1. The predicted octanol–water partition coefficient (Wildman–Crippen LogP) is 4.22. The number of nitrogens with zero attached hydrogens (tertiary/aromatic N) is 2. The van der Waals surface area contributed by atoms with Crippen LogP contribution < -0.4 is 5.32 Å². The number of carbonyl (C=O) groups is 1. The van der Waals surface area contributed by atoms with E-state index in [-0.39, 0.29) is 5.91 Å². The third-order valence-electron chi connectivity index (χ3n) is 4.82. The van der Waals surface area contributed by atoms with E-state index in [1.807, 2.05) is 36.4 Å². The second-order valence-electron chi connectivity index (χ2n) is 6.84. The Kier molecular flexibility index (Phi) is 5.15. The molecule has 4 heteroatoms. The molecule has 0 spiro atoms. The number of nitrogens with one attached hydrogen (secondary N) is 1. The van der Waals surface area contributed by atoms with Crippen LogP contribution in [-0.4, -0.2) is 15.5 Å². The number of rotatable bonds is 5. The molecule has 0 saturated heterocycles. The van der Waals surface area contributed by atoms with Crippen molar-refractivity contribution in [1.82, 2.24) is 14.9 Å². The van der Waals surface area contributed by atoms with E-state index in [4.69, 9.17) is 0 Å². The first-order valence-electron chi connectivity index (χ1n) is 9.44. The van der Waals surface area contributed by atoms with Crippen LogP contribution in [-0.2, 0) is 24.3 Å². The summed E-state index contributed by atoms with van der Waals surface area (Å²) in [6.07, 6.45) is 8.93. The monoisotopic (exact) mass is 357 g/mol. The van der Waals surface area contributed by atoms with E-state index in [9.17, 15) is 4.79 Å². The van der Waals surface area contributed by atoms with Crippen molar-refractivity contribution in [2.24, 2.45) is 0 Å². The summed E-state index contributed by atoms with van der Waals surface area (Å²) in [5, 5.41) is 2.92. The van der Waals surface area contributed by atoms with E-state index >= 15 is 0 Å². The van der Waals surface area contributed by atoms with Gasteiger partial charge >= 0.3 is 0 Å². The molecular formula is C23H23N3O. The quantitative estimate of drug-likeness (QED) is 0.695. The molecule has 0 atom stereocenters. The highest BCUT2D eigenvalue weighted by Crippen LogP contribution is 2.20. The number of aryl methyl sites for hydroxylation is 2. The fourth-order valence-electron chi connectivity index (χ4n) is 3.42. The van der Waals surface area contributed by atoms with Gasteiger partial charge in [0.05, 0.1) is 12.2 Å². The van der Waals surface area contributed by atoms with Gasteiger partial charge in [0.25, 0.3) is 0 Å². The van der Waals surface area contributed by atoms with Gasteiger partial charge in [0.2, 0.25) is 5.91 Å². The van der Waals surface area contributed by atoms with Gasteiger partial charge in [-0.05, 0) is 41.7 Å². The Labute approximate surface area is 159 Å². The summed E-state index contributed by atoms with van der Waals surface area (Å²) < 4.78 is 2.20. The molecule has 1 aliphatic rings. The zero-order chi connectivity index (χ0) is 18.5. The molecular weight excluding hydrogens is 334 g/mol. The Hall–Kier alpha value is -3.14. The van der Waals surface area contributed by atoms with Gasteiger partial charge < -0.3 is 9.88 Å². The van der Waals surface area contributed by atoms with Crippen LogP contribution in [0.4, 0.5) is 0 Å². The van der Waals surface area contributed by atoms with Gasteiger partial charge in [-0.3, -0.25) is 4.79 Å². The molecule has 2 aromatic carbocycles. The van der Waals surface area contributed by atoms with Crippen molar-refractivity contribution in [3.05, 3.63) is 84.0 Å². The molecule has 1 N–H and O–H groups in total. The summed E-state index contributed by atoms with van der Waals surface area (Å²) in [6, 6.07) is 18.4. The Morgan fingerprint density at radius 3 is 2.78 bits per heavy atom. The molecule has 4 nitrogen and oxygen atoms in total. The Morgan fingerprint density at radius 1 is 1.07 bits per heavy atom. The normalized spacial score (nSPS) is 13.5. The number of fused-ring (bicyclic) bond motifs is 1. The highest BCUT2D eigenvalue weighted by molar-refractivity contribution is 5.91. The van der Waals surface area contributed by atoms with Crippen molar-refractivity contribution < 1.29 is 4.79 Å². The second-order valence-corrected chi connectivity index (χ2v) is 6.84. The van der Waals surface area contributed by atoms with E-state index in [0.29, 0.717) is 6.54 Å². The van der Waals surface area contributed by atoms with E-state index in [0.717, 1.165) is 35.6 Å². The maximum Gasteiger partial charge on any atom is 0.244 e. The first kappa shape index (κ1) is 17.3. The summed E-state index contributed by atoms with van der Waals surface area (Å²) in [7, 11) is 0. The van der Waals surface area contributed by atoms with E-state index in [2.05, 4.69) is 45.3 Å². The molecule has 3 aromatic rings. The van der Waals surface area contributed by atoms with E-state index < -0.39 is 0 Å². The summed E-state index contributed by atoms with van der Waals surface area (Å²) in [4.78, 5) is 16.8. The van der Waals surface area contributed by atoms with Gasteiger partial charge in [-0.15, -0.1) is 0 Å². The second kappa shape index (κ2) is 8.04. The average molecular weight is 357 g/mol. The minimum absolute atomic E-state index is 0.105. The lowest BCUT2D eigenvalue weighted by Crippen LogP contribution is -2.20. The lowest BCUT2D eigenvalue weighted by atomic mass is 10.0. The van der Waals surface area contributed by atoms with Crippen LogP contribution in [0.25, 0.3) is 17.2 Å². The minimum atomic E-state index is -0.105. The third-order valence-corrected chi connectivity index (χ3v) is 4.82. The molecule has 0 bridgehead atoms. The highest BCUT2D eigenvalue weighted by atomic mass is 16.1. The zero-order valence-electron chi connectivity index (χ0n) is 15.3. The summed E-state index contributed by atoms with van der Waals surface area (Å²) in [5.41, 5.74) is 4.24. The number of benzene rings is 2. The molecule has 1 aromatic heterocycles. The largest absolute Gasteiger partial charge is 0.347 e. The smallest absolute Gasteiger partial charge is 0.244 e. The molecule has 0 unspecified atom stereocenters. The Morgan fingerprint density at radius 2 is 1.93 bits per heavy atom. The molecule has 4 rings (SSSR count). The first-order valence-corrected chi connectivity index (χ1v) is 9.44. The predicted molar refractivity (Wildman–Crippen MR) is 108 cm³/mol. The molecule has 27 heavy (non-hydrogen) atoms. The number of amides is 1. The number of carbonyl (C=O) groups excluding carboxylic acids is 1. The maximum atomic E-state index is 12.2. The maximum absolute atomic E-state index is 12.2. The van der Waals surface area contributed by atoms with Gasteiger partial charge in [-0.2, -0.15) is 0 Å². The van der Waals surface area contributed by atoms with Gasteiger partial charge in [-0.25, -0.2) is 4.98 Å². The van der Waals surface area contributed by atoms with Crippen molar-refractivity contribution in [2.45, 2.75) is 32.4 Å². The molecule has 136 valence electrons. The molecule has 0 saturated carbocycles. The van der Waals surface area contributed by atoms with Crippen LogP contribution in [0.5, 0.6) is 0 Å². The van der Waals surface area contributed by atoms with Crippen LogP contribution >= 0.6 is 0 Å². The van der Waals surface area contributed by atoms with Crippen LogP contribution in [0.3, 0.4) is 0 Å². The lowest BCUT2D eigenvalue weighted by Gasteiger charge is -2.11. The average Bonchev–Trinajstić information content (AvgIpc) is 3.15. The number of hydrogen-bond donors (Lipinski definition) is 1. The van der Waals surface area contributed by atoms with E-state index in [1.54, 1.807) is 6.08 Å². The standard InChI is InChI=1S/C23H23N3O/c27-23(24-16-21-17-26-14-5-4-11-22(26)25-21)13-12-18-7-6-10-20(15-18)19-8-2-1-3-9-19/h1-3,6-10,12-13,15,17H,4-5,11,14,16H2,(H,24,27)/b13-12+. The van der Waals surface area contributed by atoms with Gasteiger partial charge in [0, 0.05) is 25.2 Å². The van der Waals surface area contributed by atoms with Crippen molar-refractivity contribution in [3.63, 3.8) is 0 Å². The Balaban J connectivity index is 1.36. The van der Waals surface area contributed by atoms with E-state index in [1.165, 1.54) is 18.4 Å². The molecule has 1 aliphatic heterocycles. The van der Waals surface area contributed by atoms with Gasteiger partial charge in [0.15, 0.2) is 0 Å². The molecule has 2 heterocycles. The fourth-order valence-corrected chi connectivity index (χ4v) is 3.42. The van der Waals surface area contributed by atoms with Gasteiger partial charge in [-0.1, -0.05) is 48.5 Å². The highest BCUT2D eigenvalue weighted by Gasteiger charge is 2.12. The molecule has 0 fully saturated rings. The summed E-state index contributed by atoms with van der Waals surface area (Å²) in [6.45, 7) is 1.50. The Bertz CT molecular complexity index is 933. The lowest BCUT2D eigenvalue weighted by molar-refractivity contribution is -0.116. The zero-order valence-corrected chi connectivity index (χ0v) is 15.3. The van der Waals surface area contributed by atoms with Crippen molar-refractivity contribution in [3.8, 4) is 11.1 Å². The fraction of sp³-hybridized carbons (Fsp3) is 0.217. The van der Waals surface area contributed by atoms with Crippen LogP contribution in [0.1, 0.15) is 29.9 Å². The van der Waals surface area contributed by atoms with Crippen LogP contribution in [0, 0.1) is 0 Å². The van der Waals surface area contributed by atoms with Crippen LogP contribution in [0.2, 0.25) is 0 Å². The SMILES string of the molecule is O=C(/C=C/c1cccc(-c2ccccc2)c1)NCc1cn2c(n1)CCCC2. The first-order chi connectivity index (χ1) is 13.3. The topological polar surface area (TPSA) is 46.9 Å².